The van der Waals surface area contributed by atoms with Gasteiger partial charge in [-0.3, -0.25) is 4.90 Å². The summed E-state index contributed by atoms with van der Waals surface area (Å²) in [6.45, 7) is 11.8. The molecule has 0 aliphatic carbocycles. The fraction of sp³-hybridized carbons (Fsp3) is 0.933. The SMILES string of the molecule is CCCC[CH]N(CCCCC)CCCCC. The average Bonchev–Trinajstić information content (AvgIpc) is 2.29. The Bertz CT molecular complexity index is 98.8. The van der Waals surface area contributed by atoms with Crippen LogP contribution in [0.4, 0.5) is 0 Å². The molecule has 0 bridgehead atoms. The number of hydrogen-bond donors (Lipinski definition) is 0. The smallest absolute Gasteiger partial charge is 0.0251 e. The zero-order valence-electron chi connectivity index (χ0n) is 11.8. The molecule has 0 amide bonds. The van der Waals surface area contributed by atoms with E-state index in [0.29, 0.717) is 0 Å². The van der Waals surface area contributed by atoms with Crippen LogP contribution in [-0.4, -0.2) is 18.0 Å². The minimum Gasteiger partial charge on any atom is -0.299 e. The summed E-state index contributed by atoms with van der Waals surface area (Å²) < 4.78 is 0. The Morgan fingerprint density at radius 1 is 0.688 bits per heavy atom. The van der Waals surface area contributed by atoms with Gasteiger partial charge in [0, 0.05) is 6.54 Å². The Labute approximate surface area is 104 Å². The molecule has 0 aliphatic rings. The van der Waals surface area contributed by atoms with Crippen LogP contribution >= 0.6 is 0 Å². The van der Waals surface area contributed by atoms with Crippen LogP contribution in [0.2, 0.25) is 0 Å². The molecule has 0 heterocycles. The van der Waals surface area contributed by atoms with Gasteiger partial charge >= 0.3 is 0 Å². The standard InChI is InChI=1S/C15H32N/c1-4-7-10-13-16(14-11-8-5-2)15-12-9-6-3/h13H,4-12,14-15H2,1-3H3. The highest BCUT2D eigenvalue weighted by molar-refractivity contribution is 4.68. The topological polar surface area (TPSA) is 3.24 Å². The van der Waals surface area contributed by atoms with E-state index >= 15 is 0 Å². The number of hydrogen-bond acceptors (Lipinski definition) is 1. The van der Waals surface area contributed by atoms with Crippen molar-refractivity contribution in [2.45, 2.75) is 78.6 Å². The molecule has 97 valence electrons. The molecule has 0 N–H and O–H groups in total. The third kappa shape index (κ3) is 10.5. The number of rotatable bonds is 12. The summed E-state index contributed by atoms with van der Waals surface area (Å²) in [5, 5.41) is 0. The fourth-order valence-corrected chi connectivity index (χ4v) is 1.90. The molecule has 0 saturated carbocycles. The second kappa shape index (κ2) is 13.0. The van der Waals surface area contributed by atoms with Crippen molar-refractivity contribution in [2.24, 2.45) is 0 Å². The first-order valence-corrected chi connectivity index (χ1v) is 7.42. The van der Waals surface area contributed by atoms with Gasteiger partial charge in [-0.1, -0.05) is 59.3 Å². The van der Waals surface area contributed by atoms with Gasteiger partial charge in [-0.2, -0.15) is 0 Å². The van der Waals surface area contributed by atoms with Gasteiger partial charge < -0.3 is 0 Å². The Morgan fingerprint density at radius 2 is 1.19 bits per heavy atom. The van der Waals surface area contributed by atoms with Crippen molar-refractivity contribution in [3.63, 3.8) is 0 Å². The van der Waals surface area contributed by atoms with Gasteiger partial charge in [0.15, 0.2) is 0 Å². The lowest BCUT2D eigenvalue weighted by Gasteiger charge is -2.21. The fourth-order valence-electron chi connectivity index (χ4n) is 1.90. The van der Waals surface area contributed by atoms with Gasteiger partial charge in [-0.15, -0.1) is 0 Å². The summed E-state index contributed by atoms with van der Waals surface area (Å²) >= 11 is 0. The lowest BCUT2D eigenvalue weighted by molar-refractivity contribution is 0.306. The second-order valence-electron chi connectivity index (χ2n) is 4.77. The quantitative estimate of drug-likeness (QED) is 0.422. The highest BCUT2D eigenvalue weighted by Gasteiger charge is 2.03. The number of unbranched alkanes of at least 4 members (excludes halogenated alkanes) is 6. The van der Waals surface area contributed by atoms with Crippen LogP contribution < -0.4 is 0 Å². The highest BCUT2D eigenvalue weighted by Crippen LogP contribution is 2.08. The van der Waals surface area contributed by atoms with Gasteiger partial charge in [-0.25, -0.2) is 0 Å². The Balaban J connectivity index is 3.58. The van der Waals surface area contributed by atoms with Crippen LogP contribution in [0.5, 0.6) is 0 Å². The summed E-state index contributed by atoms with van der Waals surface area (Å²) in [5.41, 5.74) is 0. The van der Waals surface area contributed by atoms with Gasteiger partial charge in [-0.05, 0) is 32.4 Å². The molecule has 0 aliphatic heterocycles. The highest BCUT2D eigenvalue weighted by atomic mass is 15.1. The minimum atomic E-state index is 1.27. The largest absolute Gasteiger partial charge is 0.299 e. The van der Waals surface area contributed by atoms with E-state index in [4.69, 9.17) is 0 Å². The van der Waals surface area contributed by atoms with E-state index in [2.05, 4.69) is 32.2 Å². The van der Waals surface area contributed by atoms with E-state index in [1.807, 2.05) is 0 Å². The van der Waals surface area contributed by atoms with E-state index in [9.17, 15) is 0 Å². The molecule has 1 heteroatoms. The molecular weight excluding hydrogens is 194 g/mol. The third-order valence-electron chi connectivity index (χ3n) is 3.04. The summed E-state index contributed by atoms with van der Waals surface area (Å²) in [6, 6.07) is 0. The van der Waals surface area contributed by atoms with Crippen molar-refractivity contribution in [2.75, 3.05) is 13.1 Å². The zero-order chi connectivity index (χ0) is 12.1. The van der Waals surface area contributed by atoms with Gasteiger partial charge in [0.25, 0.3) is 0 Å². The molecule has 0 aromatic carbocycles. The Morgan fingerprint density at radius 3 is 1.62 bits per heavy atom. The van der Waals surface area contributed by atoms with Crippen LogP contribution in [0.25, 0.3) is 0 Å². The van der Waals surface area contributed by atoms with E-state index < -0.39 is 0 Å². The van der Waals surface area contributed by atoms with E-state index in [-0.39, 0.29) is 0 Å². The third-order valence-corrected chi connectivity index (χ3v) is 3.04. The van der Waals surface area contributed by atoms with Gasteiger partial charge in [0.2, 0.25) is 0 Å². The van der Waals surface area contributed by atoms with Crippen molar-refractivity contribution in [3.05, 3.63) is 6.54 Å². The van der Waals surface area contributed by atoms with Gasteiger partial charge in [0.1, 0.15) is 0 Å². The van der Waals surface area contributed by atoms with Gasteiger partial charge in [0.05, 0.1) is 0 Å². The van der Waals surface area contributed by atoms with E-state index in [1.54, 1.807) is 0 Å². The molecule has 0 atom stereocenters. The Hall–Kier alpha value is -0.0400. The molecule has 0 aromatic rings. The van der Waals surface area contributed by atoms with Crippen LogP contribution in [0.3, 0.4) is 0 Å². The lowest BCUT2D eigenvalue weighted by Crippen LogP contribution is -2.23. The van der Waals surface area contributed by atoms with Crippen LogP contribution in [0, 0.1) is 6.54 Å². The maximum Gasteiger partial charge on any atom is 0.0251 e. The normalized spacial score (nSPS) is 11.2. The predicted octanol–water partition coefficient (Wildman–Crippen LogP) is 5.02. The first kappa shape index (κ1) is 16.0. The molecular formula is C15H32N. The van der Waals surface area contributed by atoms with Crippen LogP contribution in [0.1, 0.15) is 78.6 Å². The summed E-state index contributed by atoms with van der Waals surface area (Å²) in [4.78, 5) is 2.57. The molecule has 16 heavy (non-hydrogen) atoms. The molecule has 1 nitrogen and oxygen atoms in total. The molecule has 0 unspecified atom stereocenters. The van der Waals surface area contributed by atoms with Crippen molar-refractivity contribution >= 4 is 0 Å². The Kier molecular flexibility index (Phi) is 13.0. The van der Waals surface area contributed by atoms with Crippen molar-refractivity contribution < 1.29 is 0 Å². The van der Waals surface area contributed by atoms with Crippen molar-refractivity contribution in [1.82, 2.24) is 4.90 Å². The maximum atomic E-state index is 2.57. The molecule has 0 saturated heterocycles. The molecule has 1 radical (unpaired) electrons. The van der Waals surface area contributed by atoms with Crippen molar-refractivity contribution in [3.8, 4) is 0 Å². The maximum absolute atomic E-state index is 2.57. The van der Waals surface area contributed by atoms with E-state index in [0.717, 1.165) is 0 Å². The summed E-state index contributed by atoms with van der Waals surface area (Å²) in [7, 11) is 0. The second-order valence-corrected chi connectivity index (χ2v) is 4.77. The minimum absolute atomic E-state index is 1.27. The molecule has 0 aromatic heterocycles. The number of nitrogens with zero attached hydrogens (tertiary/aromatic N) is 1. The first-order valence-electron chi connectivity index (χ1n) is 7.42. The summed E-state index contributed by atoms with van der Waals surface area (Å²) in [6.07, 6.45) is 12.1. The molecule has 0 spiro atoms. The van der Waals surface area contributed by atoms with Crippen LogP contribution in [0.15, 0.2) is 0 Å². The van der Waals surface area contributed by atoms with Crippen LogP contribution in [-0.2, 0) is 0 Å². The first-order chi connectivity index (χ1) is 7.85. The summed E-state index contributed by atoms with van der Waals surface area (Å²) in [5.74, 6) is 0. The lowest BCUT2D eigenvalue weighted by atomic mass is 10.2. The zero-order valence-corrected chi connectivity index (χ0v) is 11.8. The monoisotopic (exact) mass is 226 g/mol. The molecule has 0 fully saturated rings. The average molecular weight is 226 g/mol. The predicted molar refractivity (Wildman–Crippen MR) is 74.4 cm³/mol. The molecule has 0 rings (SSSR count). The van der Waals surface area contributed by atoms with E-state index in [1.165, 1.54) is 70.9 Å². The van der Waals surface area contributed by atoms with Crippen molar-refractivity contribution in [1.29, 1.82) is 0 Å².